The predicted octanol–water partition coefficient (Wildman–Crippen LogP) is 2.23. The number of pyridine rings is 1. The number of hydrogen-bond acceptors (Lipinski definition) is 8. The third kappa shape index (κ3) is 9.58. The summed E-state index contributed by atoms with van der Waals surface area (Å²) < 4.78 is 32.9. The van der Waals surface area contributed by atoms with Gasteiger partial charge in [-0.3, -0.25) is 14.6 Å². The van der Waals surface area contributed by atoms with Crippen LogP contribution >= 0.6 is 0 Å². The number of rotatable bonds is 16. The summed E-state index contributed by atoms with van der Waals surface area (Å²) in [6.45, 7) is 5.52. The van der Waals surface area contributed by atoms with Crippen molar-refractivity contribution in [3.05, 3.63) is 58.9 Å². The van der Waals surface area contributed by atoms with E-state index in [1.165, 1.54) is 30.3 Å². The van der Waals surface area contributed by atoms with E-state index in [2.05, 4.69) is 17.2 Å². The summed E-state index contributed by atoms with van der Waals surface area (Å²) in [6.07, 6.45) is 6.83. The Hall–Kier alpha value is -3.31. The summed E-state index contributed by atoms with van der Waals surface area (Å²) in [7, 11) is -4.26. The van der Waals surface area contributed by atoms with Crippen LogP contribution in [0.5, 0.6) is 0 Å². The fourth-order valence-corrected chi connectivity index (χ4v) is 4.55. The van der Waals surface area contributed by atoms with Crippen LogP contribution < -0.4 is 15.1 Å². The molecule has 202 valence electrons. The number of carbonyl (C=O) groups is 3. The molecule has 0 spiro atoms. The number of aryl methyl sites for hydroxylation is 1. The maximum absolute atomic E-state index is 12.9. The topological polar surface area (TPSA) is 155 Å². The summed E-state index contributed by atoms with van der Waals surface area (Å²) in [5, 5.41) is 14.0. The minimum Gasteiger partial charge on any atom is -0.543 e. The average molecular weight is 533 g/mol. The molecule has 2 rings (SSSR count). The molecule has 0 unspecified atom stereocenters. The molecule has 0 bridgehead atoms. The molecule has 2 aromatic rings. The van der Waals surface area contributed by atoms with Crippen molar-refractivity contribution in [1.82, 2.24) is 15.0 Å². The minimum atomic E-state index is -4.26. The second kappa shape index (κ2) is 15.1. The van der Waals surface area contributed by atoms with E-state index in [0.717, 1.165) is 31.9 Å². The van der Waals surface area contributed by atoms with Crippen molar-refractivity contribution in [1.29, 1.82) is 0 Å². The lowest BCUT2D eigenvalue weighted by Crippen LogP contribution is -2.32. The van der Waals surface area contributed by atoms with Crippen LogP contribution in [0.4, 0.5) is 0 Å². The van der Waals surface area contributed by atoms with Crippen molar-refractivity contribution in [2.45, 2.75) is 63.7 Å². The Balaban J connectivity index is 2.09. The molecule has 11 heteroatoms. The lowest BCUT2D eigenvalue weighted by Gasteiger charge is -2.13. The summed E-state index contributed by atoms with van der Waals surface area (Å²) in [6, 6.07) is 6.43. The maximum atomic E-state index is 12.9. The van der Waals surface area contributed by atoms with Gasteiger partial charge in [-0.2, -0.15) is 0 Å². The van der Waals surface area contributed by atoms with Crippen LogP contribution in [0.25, 0.3) is 0 Å². The molecule has 1 aromatic carbocycles. The second-order valence-corrected chi connectivity index (χ2v) is 10.1. The zero-order valence-electron chi connectivity index (χ0n) is 21.2. The van der Waals surface area contributed by atoms with E-state index in [0.29, 0.717) is 44.6 Å². The Morgan fingerprint density at radius 2 is 1.68 bits per heavy atom. The Bertz CT molecular complexity index is 1170. The summed E-state index contributed by atoms with van der Waals surface area (Å²) in [5.74, 6) is -2.76. The second-order valence-electron chi connectivity index (χ2n) is 8.44. The van der Waals surface area contributed by atoms with Gasteiger partial charge in [0.15, 0.2) is 0 Å². The molecule has 10 nitrogen and oxygen atoms in total. The molecule has 0 fully saturated rings. The van der Waals surface area contributed by atoms with E-state index in [1.807, 2.05) is 11.6 Å². The molecule has 0 aliphatic rings. The molecule has 0 atom stereocenters. The first-order chi connectivity index (χ1) is 17.7. The number of nitrogens with zero attached hydrogens (tertiary/aromatic N) is 1. The van der Waals surface area contributed by atoms with Crippen molar-refractivity contribution in [3.8, 4) is 0 Å². The van der Waals surface area contributed by atoms with E-state index in [-0.39, 0.29) is 27.6 Å². The van der Waals surface area contributed by atoms with Gasteiger partial charge in [0, 0.05) is 31.5 Å². The van der Waals surface area contributed by atoms with Crippen molar-refractivity contribution in [3.63, 3.8) is 0 Å². The van der Waals surface area contributed by atoms with Gasteiger partial charge in [-0.25, -0.2) is 13.1 Å². The van der Waals surface area contributed by atoms with Crippen LogP contribution in [-0.2, 0) is 21.2 Å². The van der Waals surface area contributed by atoms with Crippen molar-refractivity contribution >= 4 is 27.8 Å². The number of nitrogens with one attached hydrogen (secondary N) is 2. The predicted molar refractivity (Wildman–Crippen MR) is 136 cm³/mol. The molecule has 0 radical (unpaired) electrons. The smallest absolute Gasteiger partial charge is 0.266 e. The number of ether oxygens (including phenoxy) is 1. The fourth-order valence-electron chi connectivity index (χ4n) is 3.58. The number of aromatic nitrogens is 1. The molecule has 0 aliphatic carbocycles. The van der Waals surface area contributed by atoms with Gasteiger partial charge in [-0.05, 0) is 62.1 Å². The first-order valence-corrected chi connectivity index (χ1v) is 13.9. The normalized spacial score (nSPS) is 11.2. The van der Waals surface area contributed by atoms with E-state index in [9.17, 15) is 27.9 Å². The molecule has 2 N–H and O–H groups in total. The molecule has 37 heavy (non-hydrogen) atoms. The van der Waals surface area contributed by atoms with Crippen molar-refractivity contribution < 1.29 is 32.6 Å². The number of carboxylic acid groups (broad SMARTS) is 1. The van der Waals surface area contributed by atoms with Gasteiger partial charge in [0.05, 0.1) is 22.1 Å². The van der Waals surface area contributed by atoms with Gasteiger partial charge >= 0.3 is 0 Å². The van der Waals surface area contributed by atoms with Crippen LogP contribution in [0, 0.1) is 0 Å². The Morgan fingerprint density at radius 1 is 0.973 bits per heavy atom. The summed E-state index contributed by atoms with van der Waals surface area (Å²) in [4.78, 5) is 39.9. The highest BCUT2D eigenvalue weighted by Gasteiger charge is 2.22. The standard InChI is InChI=1S/C26H35N3O7S/c1-3-5-6-7-8-10-20-17-23(26(32)33)28-18-22(20)25(31)29-37(34,35)21-13-11-19(12-14-21)24(30)27-15-9-16-36-4-2/h11-14,17-18H,3-10,15-16H2,1-2H3,(H,27,30)(H,29,31)(H,32,33)/p-1. The molecular formula is C26H34N3O7S-. The number of aromatic carboxylic acids is 1. The van der Waals surface area contributed by atoms with Crippen LogP contribution in [0.2, 0.25) is 0 Å². The van der Waals surface area contributed by atoms with Crippen LogP contribution in [0.3, 0.4) is 0 Å². The number of unbranched alkanes of at least 4 members (excludes halogenated alkanes) is 4. The SMILES string of the molecule is CCCCCCCc1cc(C(=O)[O-])ncc1C(=O)NS(=O)(=O)c1ccc(C(=O)NCCCOCC)cc1. The highest BCUT2D eigenvalue weighted by atomic mass is 32.2. The fraction of sp³-hybridized carbons (Fsp3) is 0.462. The van der Waals surface area contributed by atoms with Gasteiger partial charge in [0.1, 0.15) is 0 Å². The first-order valence-electron chi connectivity index (χ1n) is 12.4. The maximum Gasteiger partial charge on any atom is 0.266 e. The van der Waals surface area contributed by atoms with Gasteiger partial charge in [0.25, 0.3) is 21.8 Å². The van der Waals surface area contributed by atoms with Gasteiger partial charge in [-0.15, -0.1) is 0 Å². The highest BCUT2D eigenvalue weighted by molar-refractivity contribution is 7.90. The van der Waals surface area contributed by atoms with Crippen LogP contribution in [0.1, 0.15) is 89.1 Å². The van der Waals surface area contributed by atoms with E-state index >= 15 is 0 Å². The van der Waals surface area contributed by atoms with Crippen LogP contribution in [-0.4, -0.2) is 50.9 Å². The average Bonchev–Trinajstić information content (AvgIpc) is 2.88. The zero-order valence-corrected chi connectivity index (χ0v) is 22.1. The zero-order chi connectivity index (χ0) is 27.3. The van der Waals surface area contributed by atoms with E-state index in [4.69, 9.17) is 4.74 Å². The molecular weight excluding hydrogens is 498 g/mol. The third-order valence-electron chi connectivity index (χ3n) is 5.60. The van der Waals surface area contributed by atoms with Crippen molar-refractivity contribution in [2.75, 3.05) is 19.8 Å². The number of carbonyl (C=O) groups excluding carboxylic acids is 3. The molecule has 0 aliphatic heterocycles. The molecule has 0 saturated carbocycles. The Morgan fingerprint density at radius 3 is 2.32 bits per heavy atom. The highest BCUT2D eigenvalue weighted by Crippen LogP contribution is 2.17. The minimum absolute atomic E-state index is 0.0212. The lowest BCUT2D eigenvalue weighted by atomic mass is 10.0. The summed E-state index contributed by atoms with van der Waals surface area (Å²) >= 11 is 0. The monoisotopic (exact) mass is 532 g/mol. The molecule has 2 amide bonds. The molecule has 0 saturated heterocycles. The van der Waals surface area contributed by atoms with Gasteiger partial charge in [-0.1, -0.05) is 32.6 Å². The molecule has 1 aromatic heterocycles. The number of hydrogen-bond donors (Lipinski definition) is 2. The van der Waals surface area contributed by atoms with Gasteiger partial charge < -0.3 is 20.0 Å². The Kier molecular flexibility index (Phi) is 12.2. The van der Waals surface area contributed by atoms with E-state index < -0.39 is 21.9 Å². The number of sulfonamides is 1. The van der Waals surface area contributed by atoms with Crippen molar-refractivity contribution in [2.24, 2.45) is 0 Å². The largest absolute Gasteiger partial charge is 0.543 e. The summed E-state index contributed by atoms with van der Waals surface area (Å²) in [5.41, 5.74) is 0.311. The van der Waals surface area contributed by atoms with Gasteiger partial charge in [0.2, 0.25) is 0 Å². The number of carboxylic acids is 1. The van der Waals surface area contributed by atoms with E-state index in [1.54, 1.807) is 0 Å². The molecule has 1 heterocycles. The number of amides is 2. The quantitative estimate of drug-likeness (QED) is 0.312. The lowest BCUT2D eigenvalue weighted by molar-refractivity contribution is -0.255. The third-order valence-corrected chi connectivity index (χ3v) is 6.95. The Labute approximate surface area is 217 Å². The number of benzene rings is 1. The van der Waals surface area contributed by atoms with Crippen LogP contribution in [0.15, 0.2) is 41.4 Å². The first kappa shape index (κ1) is 29.9.